The second kappa shape index (κ2) is 5.47. The number of H-pyrrole nitrogens is 1. The number of nitrogens with zero attached hydrogens (tertiary/aromatic N) is 1. The van der Waals surface area contributed by atoms with Crippen LogP contribution in [0, 0.1) is 0 Å². The van der Waals surface area contributed by atoms with Gasteiger partial charge in [-0.3, -0.25) is 0 Å². The van der Waals surface area contributed by atoms with E-state index in [-0.39, 0.29) is 0 Å². The van der Waals surface area contributed by atoms with Crippen molar-refractivity contribution in [3.8, 4) is 0 Å². The molecule has 0 aliphatic carbocycles. The molecule has 96 valence electrons. The largest absolute Gasteiger partial charge is 0.349 e. The summed E-state index contributed by atoms with van der Waals surface area (Å²) in [6.45, 7) is 0.663. The fourth-order valence-electron chi connectivity index (χ4n) is 2.00. The van der Waals surface area contributed by atoms with E-state index in [1.54, 1.807) is 11.8 Å². The maximum atomic E-state index is 5.53. The number of aromatic amines is 1. The summed E-state index contributed by atoms with van der Waals surface area (Å²) in [6.07, 6.45) is 2.78. The minimum absolute atomic E-state index is 0.663. The van der Waals surface area contributed by atoms with Crippen molar-refractivity contribution >= 4 is 22.7 Å². The van der Waals surface area contributed by atoms with Gasteiger partial charge in [-0.1, -0.05) is 36.0 Å². The van der Waals surface area contributed by atoms with E-state index in [0.717, 1.165) is 22.0 Å². The van der Waals surface area contributed by atoms with Crippen molar-refractivity contribution in [2.45, 2.75) is 16.5 Å². The number of nitrogens with one attached hydrogen (secondary N) is 1. The van der Waals surface area contributed by atoms with Gasteiger partial charge in [-0.2, -0.15) is 0 Å². The number of hydrogen-bond donors (Lipinski definition) is 2. The molecule has 3 rings (SSSR count). The van der Waals surface area contributed by atoms with E-state index in [0.29, 0.717) is 6.54 Å². The SMILES string of the molecule is NCCc1ccc(Sc2cc3ccccc3[nH]2)nc1. The Morgan fingerprint density at radius 2 is 2.05 bits per heavy atom. The molecular formula is C15H15N3S. The van der Waals surface area contributed by atoms with Crippen LogP contribution >= 0.6 is 11.8 Å². The molecule has 0 bridgehead atoms. The fraction of sp³-hybridized carbons (Fsp3) is 0.133. The average molecular weight is 269 g/mol. The molecule has 0 atom stereocenters. The van der Waals surface area contributed by atoms with Crippen LogP contribution < -0.4 is 5.73 Å². The van der Waals surface area contributed by atoms with E-state index in [2.05, 4.69) is 34.2 Å². The molecule has 3 nitrogen and oxygen atoms in total. The van der Waals surface area contributed by atoms with Gasteiger partial charge in [0, 0.05) is 17.1 Å². The highest BCUT2D eigenvalue weighted by Crippen LogP contribution is 2.28. The van der Waals surface area contributed by atoms with Crippen LogP contribution in [0.1, 0.15) is 5.56 Å². The van der Waals surface area contributed by atoms with Crippen molar-refractivity contribution in [1.82, 2.24) is 9.97 Å². The Bertz CT molecular complexity index is 640. The van der Waals surface area contributed by atoms with E-state index < -0.39 is 0 Å². The summed E-state index contributed by atoms with van der Waals surface area (Å²) in [5.41, 5.74) is 7.87. The zero-order valence-corrected chi connectivity index (χ0v) is 11.3. The van der Waals surface area contributed by atoms with Crippen LogP contribution in [-0.4, -0.2) is 16.5 Å². The third kappa shape index (κ3) is 2.80. The number of para-hydroxylation sites is 1. The van der Waals surface area contributed by atoms with Crippen molar-refractivity contribution in [2.75, 3.05) is 6.54 Å². The summed E-state index contributed by atoms with van der Waals surface area (Å²) in [5.74, 6) is 0. The Morgan fingerprint density at radius 1 is 1.16 bits per heavy atom. The topological polar surface area (TPSA) is 54.7 Å². The molecule has 1 aromatic carbocycles. The molecule has 0 aliphatic heterocycles. The van der Waals surface area contributed by atoms with Crippen molar-refractivity contribution in [1.29, 1.82) is 0 Å². The second-order valence-corrected chi connectivity index (χ2v) is 5.43. The van der Waals surface area contributed by atoms with Crippen LogP contribution in [-0.2, 0) is 6.42 Å². The van der Waals surface area contributed by atoms with Crippen LogP contribution in [0.15, 0.2) is 58.7 Å². The molecule has 2 heterocycles. The first-order valence-corrected chi connectivity index (χ1v) is 7.07. The van der Waals surface area contributed by atoms with Crippen LogP contribution in [0.2, 0.25) is 0 Å². The van der Waals surface area contributed by atoms with Crippen LogP contribution in [0.5, 0.6) is 0 Å². The van der Waals surface area contributed by atoms with Gasteiger partial charge >= 0.3 is 0 Å². The number of rotatable bonds is 4. The lowest BCUT2D eigenvalue weighted by molar-refractivity contribution is 0.945. The maximum Gasteiger partial charge on any atom is 0.102 e. The quantitative estimate of drug-likeness (QED) is 0.764. The highest BCUT2D eigenvalue weighted by Gasteiger charge is 2.03. The summed E-state index contributed by atoms with van der Waals surface area (Å²) >= 11 is 1.64. The van der Waals surface area contributed by atoms with Crippen LogP contribution in [0.4, 0.5) is 0 Å². The van der Waals surface area contributed by atoms with Gasteiger partial charge in [-0.15, -0.1) is 0 Å². The molecular weight excluding hydrogens is 254 g/mol. The predicted molar refractivity (Wildman–Crippen MR) is 79.4 cm³/mol. The number of pyridine rings is 1. The monoisotopic (exact) mass is 269 g/mol. The molecule has 0 aliphatic rings. The van der Waals surface area contributed by atoms with E-state index in [4.69, 9.17) is 5.73 Å². The third-order valence-electron chi connectivity index (χ3n) is 2.95. The normalized spacial score (nSPS) is 11.0. The average Bonchev–Trinajstić information content (AvgIpc) is 2.83. The fourth-order valence-corrected chi connectivity index (χ4v) is 2.81. The van der Waals surface area contributed by atoms with Crippen LogP contribution in [0.25, 0.3) is 10.9 Å². The van der Waals surface area contributed by atoms with Gasteiger partial charge in [0.25, 0.3) is 0 Å². The minimum atomic E-state index is 0.663. The van der Waals surface area contributed by atoms with E-state index in [1.807, 2.05) is 24.4 Å². The van der Waals surface area contributed by atoms with Crippen molar-refractivity contribution in [3.63, 3.8) is 0 Å². The standard InChI is InChI=1S/C15H15N3S/c16-8-7-11-5-6-14(17-10-11)19-15-9-12-3-1-2-4-13(12)18-15/h1-6,9-10,18H,7-8,16H2. The lowest BCUT2D eigenvalue weighted by Gasteiger charge is -2.00. The molecule has 19 heavy (non-hydrogen) atoms. The Labute approximate surface area is 116 Å². The van der Waals surface area contributed by atoms with Crippen LogP contribution in [0.3, 0.4) is 0 Å². The van der Waals surface area contributed by atoms with E-state index in [9.17, 15) is 0 Å². The second-order valence-electron chi connectivity index (χ2n) is 4.37. The summed E-state index contributed by atoms with van der Waals surface area (Å²) in [5, 5.41) is 3.33. The van der Waals surface area contributed by atoms with Gasteiger partial charge in [0.2, 0.25) is 0 Å². The predicted octanol–water partition coefficient (Wildman–Crippen LogP) is 3.22. The Hall–Kier alpha value is -1.78. The molecule has 0 spiro atoms. The Kier molecular flexibility index (Phi) is 3.53. The first-order valence-electron chi connectivity index (χ1n) is 6.26. The summed E-state index contributed by atoms with van der Waals surface area (Å²) in [4.78, 5) is 7.84. The smallest absolute Gasteiger partial charge is 0.102 e. The number of fused-ring (bicyclic) bond motifs is 1. The Morgan fingerprint density at radius 3 is 2.79 bits per heavy atom. The molecule has 0 fully saturated rings. The molecule has 0 amide bonds. The maximum absolute atomic E-state index is 5.53. The summed E-state index contributed by atoms with van der Waals surface area (Å²) in [6, 6.07) is 14.5. The summed E-state index contributed by atoms with van der Waals surface area (Å²) in [7, 11) is 0. The van der Waals surface area contributed by atoms with Gasteiger partial charge in [-0.05, 0) is 36.7 Å². The first kappa shape index (κ1) is 12.3. The first-order chi connectivity index (χ1) is 9.35. The summed E-state index contributed by atoms with van der Waals surface area (Å²) < 4.78 is 0. The van der Waals surface area contributed by atoms with Gasteiger partial charge < -0.3 is 10.7 Å². The van der Waals surface area contributed by atoms with Crippen molar-refractivity contribution < 1.29 is 0 Å². The van der Waals surface area contributed by atoms with Crippen molar-refractivity contribution in [3.05, 3.63) is 54.2 Å². The highest BCUT2D eigenvalue weighted by atomic mass is 32.2. The lowest BCUT2D eigenvalue weighted by atomic mass is 10.2. The molecule has 2 aromatic heterocycles. The zero-order chi connectivity index (χ0) is 13.1. The van der Waals surface area contributed by atoms with Gasteiger partial charge in [0.05, 0.1) is 5.03 Å². The molecule has 3 aromatic rings. The number of aromatic nitrogens is 2. The van der Waals surface area contributed by atoms with E-state index in [1.165, 1.54) is 10.9 Å². The third-order valence-corrected chi connectivity index (χ3v) is 3.84. The minimum Gasteiger partial charge on any atom is -0.349 e. The van der Waals surface area contributed by atoms with E-state index >= 15 is 0 Å². The number of benzene rings is 1. The lowest BCUT2D eigenvalue weighted by Crippen LogP contribution is -2.02. The molecule has 0 unspecified atom stereocenters. The number of hydrogen-bond acceptors (Lipinski definition) is 3. The highest BCUT2D eigenvalue weighted by molar-refractivity contribution is 7.99. The zero-order valence-electron chi connectivity index (χ0n) is 10.5. The molecule has 3 N–H and O–H groups in total. The molecule has 0 saturated carbocycles. The van der Waals surface area contributed by atoms with Gasteiger partial charge in [0.15, 0.2) is 0 Å². The molecule has 0 radical (unpaired) electrons. The van der Waals surface area contributed by atoms with Crippen molar-refractivity contribution in [2.24, 2.45) is 5.73 Å². The Balaban J connectivity index is 1.80. The van der Waals surface area contributed by atoms with Gasteiger partial charge in [0.1, 0.15) is 5.03 Å². The molecule has 4 heteroatoms. The van der Waals surface area contributed by atoms with Gasteiger partial charge in [-0.25, -0.2) is 4.98 Å². The number of nitrogens with two attached hydrogens (primary N) is 1. The molecule has 0 saturated heterocycles.